The summed E-state index contributed by atoms with van der Waals surface area (Å²) < 4.78 is 10.7. The second kappa shape index (κ2) is 22.1. The van der Waals surface area contributed by atoms with Crippen molar-refractivity contribution in [2.75, 3.05) is 13.2 Å². The second-order valence-corrected chi connectivity index (χ2v) is 9.88. The van der Waals surface area contributed by atoms with Gasteiger partial charge in [-0.3, -0.25) is 0 Å². The maximum Gasteiger partial charge on any atom is 0.339 e. The van der Waals surface area contributed by atoms with E-state index in [1.165, 1.54) is 77.0 Å². The zero-order chi connectivity index (χ0) is 26.3. The van der Waals surface area contributed by atoms with E-state index in [-0.39, 0.29) is 0 Å². The van der Waals surface area contributed by atoms with Crippen LogP contribution in [0.4, 0.5) is 0 Å². The number of hydrogen-bond donors (Lipinski definition) is 0. The number of unbranched alkanes of at least 4 members (excludes halogenated alkanes) is 10. The monoisotopic (exact) mass is 500 g/mol. The fraction of sp³-hybridized carbons (Fsp3) is 0.688. The molecule has 0 N–H and O–H groups in total. The molecule has 4 heteroatoms. The van der Waals surface area contributed by atoms with Crippen LogP contribution < -0.4 is 0 Å². The van der Waals surface area contributed by atoms with Crippen molar-refractivity contribution in [2.45, 2.75) is 124 Å². The Hall–Kier alpha value is -2.10. The molecule has 1 aliphatic rings. The molecule has 0 heterocycles. The van der Waals surface area contributed by atoms with Crippen LogP contribution in [-0.2, 0) is 9.47 Å². The van der Waals surface area contributed by atoms with E-state index in [0.717, 1.165) is 31.6 Å². The van der Waals surface area contributed by atoms with Crippen LogP contribution in [-0.4, -0.2) is 25.2 Å². The van der Waals surface area contributed by atoms with Gasteiger partial charge in [0.1, 0.15) is 0 Å². The minimum atomic E-state index is -0.444. The summed E-state index contributed by atoms with van der Waals surface area (Å²) in [5, 5.41) is 0. The average molecular weight is 501 g/mol. The molecule has 0 saturated carbocycles. The molecule has 0 radical (unpaired) electrons. The Morgan fingerprint density at radius 1 is 0.722 bits per heavy atom. The van der Waals surface area contributed by atoms with E-state index in [0.29, 0.717) is 24.3 Å². The molecule has 0 amide bonds. The molecule has 1 aromatic carbocycles. The second-order valence-electron chi connectivity index (χ2n) is 9.88. The highest BCUT2D eigenvalue weighted by Crippen LogP contribution is 2.19. The van der Waals surface area contributed by atoms with Crippen molar-refractivity contribution < 1.29 is 19.1 Å². The first-order valence-electron chi connectivity index (χ1n) is 14.7. The normalized spacial score (nSPS) is 14.6. The van der Waals surface area contributed by atoms with Crippen molar-refractivity contribution in [3.8, 4) is 0 Å². The third kappa shape index (κ3) is 15.1. The fourth-order valence-electron chi connectivity index (χ4n) is 4.31. The lowest BCUT2D eigenvalue weighted by molar-refractivity contribution is 0.0450. The molecular weight excluding hydrogens is 448 g/mol. The number of allylic oxidation sites excluding steroid dienone is 2. The number of rotatable bonds is 17. The molecule has 0 aromatic heterocycles. The Morgan fingerprint density at radius 2 is 1.19 bits per heavy atom. The SMILES string of the molecule is CCC1C=CCCC1.CCCCCCCCOC(=O)c1ccccc1C(=O)OCCCCCCCC. The topological polar surface area (TPSA) is 52.6 Å². The molecule has 0 spiro atoms. The van der Waals surface area contributed by atoms with Gasteiger partial charge in [0.2, 0.25) is 0 Å². The summed E-state index contributed by atoms with van der Waals surface area (Å²) in [5.74, 6) is 0.0186. The Bertz CT molecular complexity index is 676. The highest BCUT2D eigenvalue weighted by atomic mass is 16.5. The third-order valence-electron chi connectivity index (χ3n) is 6.71. The zero-order valence-electron chi connectivity index (χ0n) is 23.4. The van der Waals surface area contributed by atoms with E-state index in [1.807, 2.05) is 0 Å². The first kappa shape index (κ1) is 31.9. The molecule has 1 unspecified atom stereocenters. The fourth-order valence-corrected chi connectivity index (χ4v) is 4.31. The van der Waals surface area contributed by atoms with E-state index in [2.05, 4.69) is 32.9 Å². The largest absolute Gasteiger partial charge is 0.462 e. The lowest BCUT2D eigenvalue weighted by atomic mass is 9.94. The predicted molar refractivity (Wildman–Crippen MR) is 151 cm³/mol. The minimum absolute atomic E-state index is 0.293. The van der Waals surface area contributed by atoms with Crippen LogP contribution in [0.1, 0.15) is 144 Å². The molecule has 4 nitrogen and oxygen atoms in total. The minimum Gasteiger partial charge on any atom is -0.462 e. The molecule has 0 bridgehead atoms. The van der Waals surface area contributed by atoms with Crippen LogP contribution in [0.2, 0.25) is 0 Å². The highest BCUT2D eigenvalue weighted by Gasteiger charge is 2.18. The molecular formula is C32H52O4. The smallest absolute Gasteiger partial charge is 0.339 e. The molecule has 1 aliphatic carbocycles. The van der Waals surface area contributed by atoms with Crippen molar-refractivity contribution >= 4 is 11.9 Å². The van der Waals surface area contributed by atoms with Crippen LogP contribution >= 0.6 is 0 Å². The molecule has 1 atom stereocenters. The number of benzene rings is 1. The van der Waals surface area contributed by atoms with Crippen LogP contribution in [0, 0.1) is 5.92 Å². The molecule has 0 saturated heterocycles. The van der Waals surface area contributed by atoms with E-state index in [4.69, 9.17) is 9.47 Å². The first-order valence-corrected chi connectivity index (χ1v) is 14.7. The highest BCUT2D eigenvalue weighted by molar-refractivity contribution is 6.03. The van der Waals surface area contributed by atoms with Crippen molar-refractivity contribution in [1.82, 2.24) is 0 Å². The summed E-state index contributed by atoms with van der Waals surface area (Å²) in [5.41, 5.74) is 0.586. The van der Waals surface area contributed by atoms with Crippen molar-refractivity contribution in [1.29, 1.82) is 0 Å². The van der Waals surface area contributed by atoms with Gasteiger partial charge in [-0.05, 0) is 56.6 Å². The molecule has 2 rings (SSSR count). The summed E-state index contributed by atoms with van der Waals surface area (Å²) in [7, 11) is 0. The van der Waals surface area contributed by atoms with Gasteiger partial charge in [-0.25, -0.2) is 9.59 Å². The average Bonchev–Trinajstić information content (AvgIpc) is 2.92. The summed E-state index contributed by atoms with van der Waals surface area (Å²) in [4.78, 5) is 24.7. The molecule has 0 fully saturated rings. The predicted octanol–water partition coefficient (Wildman–Crippen LogP) is 9.47. The maximum absolute atomic E-state index is 12.4. The number of esters is 2. The third-order valence-corrected chi connectivity index (χ3v) is 6.71. The summed E-state index contributed by atoms with van der Waals surface area (Å²) in [6.45, 7) is 7.44. The van der Waals surface area contributed by atoms with Crippen LogP contribution in [0.15, 0.2) is 36.4 Å². The zero-order valence-corrected chi connectivity index (χ0v) is 23.4. The molecule has 0 aliphatic heterocycles. The van der Waals surface area contributed by atoms with Crippen molar-refractivity contribution in [3.05, 3.63) is 47.5 Å². The quantitative estimate of drug-likeness (QED) is 0.121. The van der Waals surface area contributed by atoms with Crippen LogP contribution in [0.5, 0.6) is 0 Å². The molecule has 36 heavy (non-hydrogen) atoms. The standard InChI is InChI=1S/C24H38O4.C8H14/c1-3-5-7-9-11-15-19-27-23(25)21-17-13-14-18-22(21)24(26)28-20-16-12-10-8-6-4-2;1-2-8-6-4-3-5-7-8/h13-14,17-18H,3-12,15-16,19-20H2,1-2H3;4,6,8H,2-3,5,7H2,1H3. The first-order chi connectivity index (χ1) is 17.6. The summed E-state index contributed by atoms with van der Waals surface area (Å²) in [6.07, 6.45) is 23.8. The summed E-state index contributed by atoms with van der Waals surface area (Å²) in [6, 6.07) is 6.74. The van der Waals surface area contributed by atoms with E-state index >= 15 is 0 Å². The molecule has 204 valence electrons. The van der Waals surface area contributed by atoms with Gasteiger partial charge in [0.15, 0.2) is 0 Å². The van der Waals surface area contributed by atoms with Gasteiger partial charge in [0.05, 0.1) is 24.3 Å². The Morgan fingerprint density at radius 3 is 1.58 bits per heavy atom. The van der Waals surface area contributed by atoms with Crippen molar-refractivity contribution in [2.24, 2.45) is 5.92 Å². The maximum atomic E-state index is 12.4. The van der Waals surface area contributed by atoms with Gasteiger partial charge in [0, 0.05) is 0 Å². The van der Waals surface area contributed by atoms with Crippen LogP contribution in [0.25, 0.3) is 0 Å². The Balaban J connectivity index is 0.000000681. The van der Waals surface area contributed by atoms with Crippen molar-refractivity contribution in [3.63, 3.8) is 0 Å². The van der Waals surface area contributed by atoms with Crippen LogP contribution in [0.3, 0.4) is 0 Å². The van der Waals surface area contributed by atoms with E-state index in [1.54, 1.807) is 24.3 Å². The number of hydrogen-bond acceptors (Lipinski definition) is 4. The lowest BCUT2D eigenvalue weighted by Crippen LogP contribution is -2.15. The Labute approximate surface area is 221 Å². The van der Waals surface area contributed by atoms with E-state index in [9.17, 15) is 9.59 Å². The Kier molecular flexibility index (Phi) is 19.6. The van der Waals surface area contributed by atoms with Gasteiger partial charge in [0.25, 0.3) is 0 Å². The van der Waals surface area contributed by atoms with E-state index < -0.39 is 11.9 Å². The van der Waals surface area contributed by atoms with Gasteiger partial charge < -0.3 is 9.47 Å². The summed E-state index contributed by atoms with van der Waals surface area (Å²) >= 11 is 0. The van der Waals surface area contributed by atoms with Gasteiger partial charge in [-0.2, -0.15) is 0 Å². The lowest BCUT2D eigenvalue weighted by Gasteiger charge is -2.12. The van der Waals surface area contributed by atoms with Gasteiger partial charge in [-0.1, -0.05) is 109 Å². The van der Waals surface area contributed by atoms with Gasteiger partial charge in [-0.15, -0.1) is 0 Å². The molecule has 1 aromatic rings. The number of carbonyl (C=O) groups is 2. The van der Waals surface area contributed by atoms with Gasteiger partial charge >= 0.3 is 11.9 Å². The number of carbonyl (C=O) groups excluding carboxylic acids is 2. The number of ether oxygens (including phenoxy) is 2.